The van der Waals surface area contributed by atoms with Crippen molar-refractivity contribution in [3.63, 3.8) is 0 Å². The molecule has 0 fully saturated rings. The molecule has 2 rings (SSSR count). The van der Waals surface area contributed by atoms with Crippen LogP contribution in [0, 0.1) is 6.92 Å². The van der Waals surface area contributed by atoms with Gasteiger partial charge in [-0.1, -0.05) is 26.0 Å². The Bertz CT molecular complexity index is 766. The van der Waals surface area contributed by atoms with Crippen molar-refractivity contribution in [1.29, 1.82) is 0 Å². The van der Waals surface area contributed by atoms with Crippen LogP contribution < -0.4 is 10.9 Å². The van der Waals surface area contributed by atoms with Crippen LogP contribution in [0.25, 0.3) is 11.0 Å². The first-order chi connectivity index (χ1) is 12.1. The quantitative estimate of drug-likeness (QED) is 0.706. The van der Waals surface area contributed by atoms with E-state index in [0.717, 1.165) is 37.1 Å². The second kappa shape index (κ2) is 9.32. The van der Waals surface area contributed by atoms with Crippen LogP contribution in [0.3, 0.4) is 0 Å². The van der Waals surface area contributed by atoms with Gasteiger partial charge < -0.3 is 14.8 Å². The zero-order valence-electron chi connectivity index (χ0n) is 15.4. The van der Waals surface area contributed by atoms with Gasteiger partial charge in [-0.3, -0.25) is 9.59 Å². The highest BCUT2D eigenvalue weighted by Crippen LogP contribution is 2.10. The van der Waals surface area contributed by atoms with Gasteiger partial charge >= 0.3 is 0 Å². The van der Waals surface area contributed by atoms with Gasteiger partial charge in [-0.15, -0.1) is 0 Å². The average Bonchev–Trinajstić information content (AvgIpc) is 2.62. The highest BCUT2D eigenvalue weighted by Gasteiger charge is 2.09. The van der Waals surface area contributed by atoms with Crippen LogP contribution in [-0.2, 0) is 11.3 Å². The van der Waals surface area contributed by atoms with Crippen molar-refractivity contribution in [2.24, 2.45) is 0 Å². The van der Waals surface area contributed by atoms with Gasteiger partial charge in [0.25, 0.3) is 5.56 Å². The second-order valence-electron chi connectivity index (χ2n) is 6.12. The van der Waals surface area contributed by atoms with Crippen molar-refractivity contribution in [1.82, 2.24) is 19.8 Å². The molecule has 0 atom stereocenters. The summed E-state index contributed by atoms with van der Waals surface area (Å²) in [6.07, 6.45) is 1.23. The average molecular weight is 344 g/mol. The van der Waals surface area contributed by atoms with E-state index in [2.05, 4.69) is 29.0 Å². The van der Waals surface area contributed by atoms with Crippen LogP contribution in [0.2, 0.25) is 0 Å². The largest absolute Gasteiger partial charge is 0.356 e. The van der Waals surface area contributed by atoms with Crippen molar-refractivity contribution >= 4 is 16.9 Å². The van der Waals surface area contributed by atoms with E-state index in [0.29, 0.717) is 25.2 Å². The molecule has 0 aliphatic rings. The van der Waals surface area contributed by atoms with Crippen molar-refractivity contribution in [3.8, 4) is 0 Å². The van der Waals surface area contributed by atoms with Gasteiger partial charge in [0, 0.05) is 19.5 Å². The number of hydrogen-bond acceptors (Lipinski definition) is 4. The number of fused-ring (bicyclic) bond motifs is 1. The zero-order valence-corrected chi connectivity index (χ0v) is 15.4. The molecule has 0 saturated carbocycles. The van der Waals surface area contributed by atoms with E-state index in [1.807, 2.05) is 24.3 Å². The Hall–Kier alpha value is -2.21. The van der Waals surface area contributed by atoms with Gasteiger partial charge in [0.15, 0.2) is 0 Å². The second-order valence-corrected chi connectivity index (χ2v) is 6.12. The maximum Gasteiger partial charge on any atom is 0.272 e. The smallest absolute Gasteiger partial charge is 0.272 e. The van der Waals surface area contributed by atoms with Crippen LogP contribution in [0.15, 0.2) is 29.1 Å². The minimum Gasteiger partial charge on any atom is -0.356 e. The third kappa shape index (κ3) is 5.13. The molecule has 1 amide bonds. The maximum atomic E-state index is 12.4. The van der Waals surface area contributed by atoms with E-state index in [1.54, 1.807) is 11.5 Å². The summed E-state index contributed by atoms with van der Waals surface area (Å²) in [5.74, 6) is -0.0232. The van der Waals surface area contributed by atoms with Gasteiger partial charge in [-0.2, -0.15) is 0 Å². The van der Waals surface area contributed by atoms with E-state index in [9.17, 15) is 9.59 Å². The fourth-order valence-corrected chi connectivity index (χ4v) is 2.91. The fraction of sp³-hybridized carbons (Fsp3) is 0.526. The summed E-state index contributed by atoms with van der Waals surface area (Å²) in [5, 5.41) is 2.94. The summed E-state index contributed by atoms with van der Waals surface area (Å²) in [4.78, 5) is 31.1. The first-order valence-electron chi connectivity index (χ1n) is 9.02. The number of hydrogen-bond donors (Lipinski definition) is 1. The summed E-state index contributed by atoms with van der Waals surface area (Å²) in [6, 6.07) is 7.52. The molecule has 0 spiro atoms. The molecule has 1 heterocycles. The van der Waals surface area contributed by atoms with Crippen LogP contribution in [-0.4, -0.2) is 46.5 Å². The Labute approximate surface area is 148 Å². The minimum absolute atomic E-state index is 0.0232. The predicted molar refractivity (Wildman–Crippen MR) is 101 cm³/mol. The van der Waals surface area contributed by atoms with E-state index in [-0.39, 0.29) is 11.5 Å². The lowest BCUT2D eigenvalue weighted by atomic mass is 10.2. The Morgan fingerprint density at radius 2 is 1.96 bits per heavy atom. The summed E-state index contributed by atoms with van der Waals surface area (Å²) in [5.41, 5.74) is 1.87. The number of nitrogens with zero attached hydrogens (tertiary/aromatic N) is 3. The van der Waals surface area contributed by atoms with Gasteiger partial charge in [-0.05, 0) is 45.1 Å². The first kappa shape index (κ1) is 19.1. The minimum atomic E-state index is -0.131. The van der Waals surface area contributed by atoms with Crippen molar-refractivity contribution in [3.05, 3.63) is 40.3 Å². The number of benzene rings is 1. The van der Waals surface area contributed by atoms with Gasteiger partial charge in [0.1, 0.15) is 5.69 Å². The molecule has 1 aromatic heterocycles. The zero-order chi connectivity index (χ0) is 18.2. The molecule has 0 radical (unpaired) electrons. The molecule has 25 heavy (non-hydrogen) atoms. The molecule has 0 aliphatic carbocycles. The lowest BCUT2D eigenvalue weighted by Crippen LogP contribution is -2.31. The van der Waals surface area contributed by atoms with Crippen LogP contribution >= 0.6 is 0 Å². The maximum absolute atomic E-state index is 12.4. The predicted octanol–water partition coefficient (Wildman–Crippen LogP) is 1.94. The summed E-state index contributed by atoms with van der Waals surface area (Å²) >= 11 is 0. The Morgan fingerprint density at radius 1 is 1.24 bits per heavy atom. The highest BCUT2D eigenvalue weighted by molar-refractivity contribution is 5.77. The third-order valence-corrected chi connectivity index (χ3v) is 4.45. The molecule has 2 aromatic rings. The van der Waals surface area contributed by atoms with E-state index in [4.69, 9.17) is 0 Å². The normalized spacial score (nSPS) is 11.2. The third-order valence-electron chi connectivity index (χ3n) is 4.45. The molecule has 6 heteroatoms. The molecule has 1 N–H and O–H groups in total. The van der Waals surface area contributed by atoms with E-state index in [1.165, 1.54) is 0 Å². The molecule has 1 aromatic carbocycles. The van der Waals surface area contributed by atoms with Crippen molar-refractivity contribution < 1.29 is 4.79 Å². The number of aryl methyl sites for hydroxylation is 2. The molecule has 0 unspecified atom stereocenters. The number of carbonyl (C=O) groups is 1. The summed E-state index contributed by atoms with van der Waals surface area (Å²) < 4.78 is 1.65. The first-order valence-corrected chi connectivity index (χ1v) is 9.02. The number of amides is 1. The summed E-state index contributed by atoms with van der Waals surface area (Å²) in [7, 11) is 0. The lowest BCUT2D eigenvalue weighted by Gasteiger charge is -2.17. The molecule has 6 nitrogen and oxygen atoms in total. The number of nitrogens with one attached hydrogen (secondary N) is 1. The van der Waals surface area contributed by atoms with Crippen LogP contribution in [0.1, 0.15) is 32.4 Å². The lowest BCUT2D eigenvalue weighted by molar-refractivity contribution is -0.121. The molecule has 0 saturated heterocycles. The van der Waals surface area contributed by atoms with Crippen LogP contribution in [0.5, 0.6) is 0 Å². The Morgan fingerprint density at radius 3 is 2.68 bits per heavy atom. The topological polar surface area (TPSA) is 67.2 Å². The monoisotopic (exact) mass is 344 g/mol. The summed E-state index contributed by atoms with van der Waals surface area (Å²) in [6.45, 7) is 10.1. The molecule has 136 valence electrons. The number of carbonyl (C=O) groups excluding carboxylic acids is 1. The SMILES string of the molecule is CCN(CC)CCCNC(=O)CCn1c(=O)c(C)nc2ccccc21. The van der Waals surface area contributed by atoms with Crippen LogP contribution in [0.4, 0.5) is 0 Å². The van der Waals surface area contributed by atoms with Crippen molar-refractivity contribution in [2.75, 3.05) is 26.2 Å². The highest BCUT2D eigenvalue weighted by atomic mass is 16.1. The Kier molecular flexibility index (Phi) is 7.13. The molecule has 0 bridgehead atoms. The van der Waals surface area contributed by atoms with Gasteiger partial charge in [0.05, 0.1) is 11.0 Å². The van der Waals surface area contributed by atoms with Gasteiger partial charge in [-0.25, -0.2) is 4.98 Å². The van der Waals surface area contributed by atoms with E-state index >= 15 is 0 Å². The molecular formula is C19H28N4O2. The van der Waals surface area contributed by atoms with Crippen molar-refractivity contribution in [2.45, 2.75) is 40.2 Å². The van der Waals surface area contributed by atoms with E-state index < -0.39 is 0 Å². The molecular weight excluding hydrogens is 316 g/mol. The number of rotatable bonds is 9. The molecule has 0 aliphatic heterocycles. The van der Waals surface area contributed by atoms with Gasteiger partial charge in [0.2, 0.25) is 5.91 Å². The number of aromatic nitrogens is 2. The standard InChI is InChI=1S/C19H28N4O2/c1-4-22(5-2)13-8-12-20-18(24)11-14-23-17-10-7-6-9-16(17)21-15(3)19(23)25/h6-7,9-10H,4-5,8,11-14H2,1-3H3,(H,20,24). The fourth-order valence-electron chi connectivity index (χ4n) is 2.91. The number of para-hydroxylation sites is 2. The Balaban J connectivity index is 1.91.